The zero-order valence-corrected chi connectivity index (χ0v) is 9.18. The first-order chi connectivity index (χ1) is 8.08. The van der Waals surface area contributed by atoms with Crippen molar-refractivity contribution < 1.29 is 9.31 Å². The third-order valence-corrected chi connectivity index (χ3v) is 2.48. The number of nitro benzene ring substituents is 1. The van der Waals surface area contributed by atoms with Crippen LogP contribution in [0.2, 0.25) is 0 Å². The van der Waals surface area contributed by atoms with Crippen LogP contribution in [0.1, 0.15) is 5.56 Å². The van der Waals surface area contributed by atoms with Crippen LogP contribution in [-0.4, -0.2) is 4.92 Å². The molecule has 0 aromatic heterocycles. The summed E-state index contributed by atoms with van der Waals surface area (Å²) in [6.07, 6.45) is 0. The van der Waals surface area contributed by atoms with Gasteiger partial charge in [0.15, 0.2) is 0 Å². The lowest BCUT2D eigenvalue weighted by Gasteiger charge is -2.04. The van der Waals surface area contributed by atoms with Crippen LogP contribution in [0.5, 0.6) is 0 Å². The lowest BCUT2D eigenvalue weighted by atomic mass is 10.0. The minimum absolute atomic E-state index is 0.0861. The lowest BCUT2D eigenvalue weighted by Crippen LogP contribution is -1.93. The van der Waals surface area contributed by atoms with Crippen LogP contribution < -0.4 is 0 Å². The van der Waals surface area contributed by atoms with Gasteiger partial charge in [-0.15, -0.1) is 0 Å². The number of aryl methyl sites for hydroxylation is 1. The Kier molecular flexibility index (Phi) is 2.87. The smallest absolute Gasteiger partial charge is 0.258 e. The average molecular weight is 231 g/mol. The molecular weight excluding hydrogens is 221 g/mol. The molecule has 0 bridgehead atoms. The standard InChI is InChI=1S/C13H10FNO2/c1-9-3-2-4-10(7-9)12-8-11(14)5-6-13(12)15(16)17/h2-8H,1H3. The van der Waals surface area contributed by atoms with Gasteiger partial charge in [-0.3, -0.25) is 10.1 Å². The molecule has 2 rings (SSSR count). The maximum Gasteiger partial charge on any atom is 0.277 e. The number of nitro groups is 1. The zero-order valence-electron chi connectivity index (χ0n) is 9.18. The molecule has 0 unspecified atom stereocenters. The molecule has 0 saturated heterocycles. The Morgan fingerprint density at radius 3 is 2.59 bits per heavy atom. The van der Waals surface area contributed by atoms with E-state index < -0.39 is 10.7 Å². The molecule has 0 aliphatic carbocycles. The van der Waals surface area contributed by atoms with E-state index in [1.807, 2.05) is 13.0 Å². The summed E-state index contributed by atoms with van der Waals surface area (Å²) in [7, 11) is 0. The van der Waals surface area contributed by atoms with Crippen molar-refractivity contribution in [2.24, 2.45) is 0 Å². The van der Waals surface area contributed by atoms with Crippen molar-refractivity contribution in [2.45, 2.75) is 6.92 Å². The molecule has 0 aliphatic rings. The van der Waals surface area contributed by atoms with E-state index in [9.17, 15) is 14.5 Å². The molecule has 86 valence electrons. The van der Waals surface area contributed by atoms with Gasteiger partial charge in [0, 0.05) is 6.07 Å². The largest absolute Gasteiger partial charge is 0.277 e. The fourth-order valence-electron chi connectivity index (χ4n) is 1.71. The molecule has 0 N–H and O–H groups in total. The highest BCUT2D eigenvalue weighted by Crippen LogP contribution is 2.30. The maximum absolute atomic E-state index is 13.2. The highest BCUT2D eigenvalue weighted by atomic mass is 19.1. The van der Waals surface area contributed by atoms with Gasteiger partial charge in [0.05, 0.1) is 10.5 Å². The van der Waals surface area contributed by atoms with Crippen LogP contribution in [0, 0.1) is 22.9 Å². The Hall–Kier alpha value is -2.23. The first kappa shape index (κ1) is 11.3. The second-order valence-electron chi connectivity index (χ2n) is 3.79. The van der Waals surface area contributed by atoms with Gasteiger partial charge in [-0.1, -0.05) is 29.8 Å². The molecule has 0 amide bonds. The van der Waals surface area contributed by atoms with Crippen LogP contribution in [0.3, 0.4) is 0 Å². The third-order valence-electron chi connectivity index (χ3n) is 2.48. The molecule has 0 radical (unpaired) electrons. The van der Waals surface area contributed by atoms with E-state index in [0.29, 0.717) is 11.1 Å². The van der Waals surface area contributed by atoms with Crippen molar-refractivity contribution in [1.82, 2.24) is 0 Å². The predicted molar refractivity (Wildman–Crippen MR) is 63.2 cm³/mol. The van der Waals surface area contributed by atoms with E-state index in [1.165, 1.54) is 12.1 Å². The summed E-state index contributed by atoms with van der Waals surface area (Å²) in [6.45, 7) is 1.88. The van der Waals surface area contributed by atoms with Crippen molar-refractivity contribution in [3.05, 3.63) is 64.0 Å². The van der Waals surface area contributed by atoms with Crippen LogP contribution in [-0.2, 0) is 0 Å². The highest BCUT2D eigenvalue weighted by Gasteiger charge is 2.15. The minimum Gasteiger partial charge on any atom is -0.258 e. The first-order valence-corrected chi connectivity index (χ1v) is 5.09. The number of rotatable bonds is 2. The Bertz CT molecular complexity index is 581. The summed E-state index contributed by atoms with van der Waals surface area (Å²) in [5, 5.41) is 10.9. The maximum atomic E-state index is 13.2. The molecule has 0 spiro atoms. The van der Waals surface area contributed by atoms with Crippen molar-refractivity contribution in [3.8, 4) is 11.1 Å². The Labute approximate surface area is 97.7 Å². The van der Waals surface area contributed by atoms with Crippen molar-refractivity contribution in [2.75, 3.05) is 0 Å². The molecule has 2 aromatic rings. The highest BCUT2D eigenvalue weighted by molar-refractivity contribution is 5.73. The summed E-state index contributed by atoms with van der Waals surface area (Å²) in [5.41, 5.74) is 1.84. The van der Waals surface area contributed by atoms with Crippen LogP contribution in [0.15, 0.2) is 42.5 Å². The topological polar surface area (TPSA) is 43.1 Å². The first-order valence-electron chi connectivity index (χ1n) is 5.09. The zero-order chi connectivity index (χ0) is 12.4. The monoisotopic (exact) mass is 231 g/mol. The van der Waals surface area contributed by atoms with Gasteiger partial charge in [0.1, 0.15) is 5.82 Å². The lowest BCUT2D eigenvalue weighted by molar-refractivity contribution is -0.384. The number of hydrogen-bond acceptors (Lipinski definition) is 2. The minimum atomic E-state index is -0.503. The van der Waals surface area contributed by atoms with E-state index in [4.69, 9.17) is 0 Å². The second kappa shape index (κ2) is 4.33. The summed E-state index contributed by atoms with van der Waals surface area (Å²) in [5.74, 6) is -0.480. The summed E-state index contributed by atoms with van der Waals surface area (Å²) in [4.78, 5) is 10.4. The molecular formula is C13H10FNO2. The molecule has 2 aromatic carbocycles. The summed E-state index contributed by atoms with van der Waals surface area (Å²) in [6, 6.07) is 10.7. The van der Waals surface area contributed by atoms with E-state index in [2.05, 4.69) is 0 Å². The van der Waals surface area contributed by atoms with Crippen molar-refractivity contribution in [1.29, 1.82) is 0 Å². The van der Waals surface area contributed by atoms with Crippen LogP contribution in [0.25, 0.3) is 11.1 Å². The van der Waals surface area contributed by atoms with E-state index >= 15 is 0 Å². The van der Waals surface area contributed by atoms with Gasteiger partial charge < -0.3 is 0 Å². The molecule has 17 heavy (non-hydrogen) atoms. The molecule has 0 atom stereocenters. The number of hydrogen-bond donors (Lipinski definition) is 0. The fraction of sp³-hybridized carbons (Fsp3) is 0.0769. The Balaban J connectivity index is 2.65. The predicted octanol–water partition coefficient (Wildman–Crippen LogP) is 3.71. The number of benzene rings is 2. The molecule has 0 saturated carbocycles. The van der Waals surface area contributed by atoms with Gasteiger partial charge in [0.25, 0.3) is 5.69 Å². The Morgan fingerprint density at radius 2 is 1.94 bits per heavy atom. The van der Waals surface area contributed by atoms with Gasteiger partial charge >= 0.3 is 0 Å². The van der Waals surface area contributed by atoms with Gasteiger partial charge in [-0.2, -0.15) is 0 Å². The van der Waals surface area contributed by atoms with Gasteiger partial charge in [-0.05, 0) is 24.6 Å². The SMILES string of the molecule is Cc1cccc(-c2cc(F)ccc2[N+](=O)[O-])c1. The van der Waals surface area contributed by atoms with E-state index in [0.717, 1.165) is 11.6 Å². The molecule has 0 fully saturated rings. The summed E-state index contributed by atoms with van der Waals surface area (Å²) < 4.78 is 13.2. The third kappa shape index (κ3) is 2.30. The fourth-order valence-corrected chi connectivity index (χ4v) is 1.71. The van der Waals surface area contributed by atoms with Gasteiger partial charge in [-0.25, -0.2) is 4.39 Å². The van der Waals surface area contributed by atoms with Crippen molar-refractivity contribution >= 4 is 5.69 Å². The van der Waals surface area contributed by atoms with Crippen LogP contribution in [0.4, 0.5) is 10.1 Å². The van der Waals surface area contributed by atoms with Gasteiger partial charge in [0.2, 0.25) is 0 Å². The molecule has 3 nitrogen and oxygen atoms in total. The average Bonchev–Trinajstić information content (AvgIpc) is 2.28. The van der Waals surface area contributed by atoms with Crippen LogP contribution >= 0.6 is 0 Å². The van der Waals surface area contributed by atoms with E-state index in [-0.39, 0.29) is 5.69 Å². The quantitative estimate of drug-likeness (QED) is 0.584. The van der Waals surface area contributed by atoms with E-state index in [1.54, 1.807) is 18.2 Å². The second-order valence-corrected chi connectivity index (χ2v) is 3.79. The Morgan fingerprint density at radius 1 is 1.18 bits per heavy atom. The molecule has 0 aliphatic heterocycles. The summed E-state index contributed by atoms with van der Waals surface area (Å²) >= 11 is 0. The van der Waals surface area contributed by atoms with Crippen molar-refractivity contribution in [3.63, 3.8) is 0 Å². The molecule has 0 heterocycles. The molecule has 4 heteroatoms. The number of nitrogens with zero attached hydrogens (tertiary/aromatic N) is 1. The normalized spacial score (nSPS) is 10.2. The number of halogens is 1.